The molecule has 4 aliphatic rings. The van der Waals surface area contributed by atoms with Crippen molar-refractivity contribution in [2.75, 3.05) is 51.7 Å². The van der Waals surface area contributed by atoms with Crippen molar-refractivity contribution in [2.45, 2.75) is 38.5 Å². The van der Waals surface area contributed by atoms with Crippen LogP contribution in [0.2, 0.25) is 0 Å². The summed E-state index contributed by atoms with van der Waals surface area (Å²) in [6, 6.07) is 22.0. The lowest BCUT2D eigenvalue weighted by Crippen LogP contribution is -2.63. The third kappa shape index (κ3) is 5.44. The number of nitrogens with one attached hydrogen (secondary N) is 3. The van der Waals surface area contributed by atoms with E-state index in [1.807, 2.05) is 49.5 Å². The zero-order valence-corrected chi connectivity index (χ0v) is 27.4. The van der Waals surface area contributed by atoms with Crippen LogP contribution in [0.4, 0.5) is 45.5 Å². The van der Waals surface area contributed by atoms with Crippen LogP contribution in [0.25, 0.3) is 22.3 Å². The van der Waals surface area contributed by atoms with E-state index in [0.29, 0.717) is 78.3 Å². The largest absolute Gasteiger partial charge is 0.397 e. The Hall–Kier alpha value is -5.71. The third-order valence-electron chi connectivity index (χ3n) is 11.0. The molecular weight excluding hydrogens is 616 g/mol. The van der Waals surface area contributed by atoms with Gasteiger partial charge in [-0.25, -0.2) is 0 Å². The van der Waals surface area contributed by atoms with E-state index in [0.717, 1.165) is 34.2 Å². The van der Waals surface area contributed by atoms with Crippen molar-refractivity contribution in [3.8, 4) is 22.3 Å². The molecule has 4 aromatic rings. The Kier molecular flexibility index (Phi) is 7.46. The second-order valence-electron chi connectivity index (χ2n) is 14.5. The van der Waals surface area contributed by atoms with Crippen LogP contribution in [-0.2, 0) is 14.4 Å². The molecule has 8 rings (SSSR count). The molecular formula is C38H42N8O3. The minimum atomic E-state index is -0.900. The Morgan fingerprint density at radius 1 is 0.592 bits per heavy atom. The van der Waals surface area contributed by atoms with Crippen LogP contribution < -0.4 is 44.6 Å². The molecule has 2 amide bonds. The molecule has 13 N–H and O–H groups in total. The van der Waals surface area contributed by atoms with Gasteiger partial charge in [0.15, 0.2) is 0 Å². The maximum atomic E-state index is 14.3. The van der Waals surface area contributed by atoms with Crippen LogP contribution in [0.15, 0.2) is 72.8 Å². The summed E-state index contributed by atoms with van der Waals surface area (Å²) in [5, 5.41) is 9.20. The maximum Gasteiger partial charge on any atom is 0.230 e. The summed E-state index contributed by atoms with van der Waals surface area (Å²) in [6.07, 6.45) is 4.01. The normalized spacial score (nSPS) is 25.0. The zero-order chi connectivity index (χ0) is 34.7. The Morgan fingerprint density at radius 3 is 1.43 bits per heavy atom. The summed E-state index contributed by atoms with van der Waals surface area (Å²) >= 11 is 0. The highest BCUT2D eigenvalue weighted by Crippen LogP contribution is 2.69. The fourth-order valence-electron chi connectivity index (χ4n) is 9.10. The monoisotopic (exact) mass is 658 g/mol. The quantitative estimate of drug-likeness (QED) is 0.0858. The van der Waals surface area contributed by atoms with E-state index in [4.69, 9.17) is 28.7 Å². The number of hydrogen-bond acceptors (Lipinski definition) is 9. The van der Waals surface area contributed by atoms with Gasteiger partial charge in [0.05, 0.1) is 56.3 Å². The molecule has 0 spiro atoms. The lowest BCUT2D eigenvalue weighted by Gasteiger charge is -2.63. The predicted molar refractivity (Wildman–Crippen MR) is 197 cm³/mol. The third-order valence-corrected chi connectivity index (χ3v) is 11.0. The van der Waals surface area contributed by atoms with E-state index in [9.17, 15) is 14.4 Å². The first-order chi connectivity index (χ1) is 23.4. The minimum Gasteiger partial charge on any atom is -0.397 e. The van der Waals surface area contributed by atoms with Crippen molar-refractivity contribution in [3.05, 3.63) is 72.8 Å². The van der Waals surface area contributed by atoms with E-state index in [1.165, 1.54) is 0 Å². The standard InChI is InChI=1S/C38H42N8O3/c1-44-31-7-3-23(11-28(31)41)25-5-9-33(30(43)13-25)46-35(49)38-16-21-14-36(18-38,20-47)17-37(15-21,19-38)34(48)45-32-8-4-24(12-29(32)42)22-2-6-26(39)27(40)10-22/h2-13,20-21,44H,14-19,39-43H2,1H3,(H,45,48)(H,46,49). The highest BCUT2D eigenvalue weighted by molar-refractivity contribution is 6.03. The smallest absolute Gasteiger partial charge is 0.230 e. The van der Waals surface area contributed by atoms with Gasteiger partial charge in [-0.3, -0.25) is 9.59 Å². The van der Waals surface area contributed by atoms with E-state index in [2.05, 4.69) is 16.0 Å². The molecule has 0 aromatic heterocycles. The van der Waals surface area contributed by atoms with E-state index < -0.39 is 16.2 Å². The van der Waals surface area contributed by atoms with Crippen LogP contribution in [-0.4, -0.2) is 25.1 Å². The summed E-state index contributed by atoms with van der Waals surface area (Å²) in [7, 11) is 1.81. The molecule has 4 aromatic carbocycles. The van der Waals surface area contributed by atoms with Crippen LogP contribution in [0.3, 0.4) is 0 Å². The van der Waals surface area contributed by atoms with Gasteiger partial charge >= 0.3 is 0 Å². The van der Waals surface area contributed by atoms with Crippen molar-refractivity contribution in [1.82, 2.24) is 0 Å². The zero-order valence-electron chi connectivity index (χ0n) is 27.4. The number of nitrogen functional groups attached to an aromatic ring is 5. The lowest BCUT2D eigenvalue weighted by atomic mass is 9.39. The number of amides is 2. The second kappa shape index (κ2) is 11.5. The van der Waals surface area contributed by atoms with Gasteiger partial charge in [0, 0.05) is 12.5 Å². The summed E-state index contributed by atoms with van der Waals surface area (Å²) in [4.78, 5) is 41.2. The molecule has 4 aliphatic carbocycles. The van der Waals surface area contributed by atoms with Crippen molar-refractivity contribution in [2.24, 2.45) is 22.2 Å². The predicted octanol–water partition coefficient (Wildman–Crippen LogP) is 5.71. The molecule has 0 radical (unpaired) electrons. The fraction of sp³-hybridized carbons (Fsp3) is 0.289. The topological polar surface area (TPSA) is 217 Å². The molecule has 0 saturated heterocycles. The van der Waals surface area contributed by atoms with E-state index in [1.54, 1.807) is 30.3 Å². The van der Waals surface area contributed by atoms with Gasteiger partial charge in [0.2, 0.25) is 11.8 Å². The van der Waals surface area contributed by atoms with Crippen LogP contribution in [0.5, 0.6) is 0 Å². The van der Waals surface area contributed by atoms with Gasteiger partial charge < -0.3 is 49.4 Å². The molecule has 11 nitrogen and oxygen atoms in total. The Bertz CT molecular complexity index is 2030. The molecule has 11 heteroatoms. The van der Waals surface area contributed by atoms with Crippen LogP contribution in [0, 0.1) is 22.2 Å². The number of aldehydes is 1. The molecule has 0 aliphatic heterocycles. The summed E-state index contributed by atoms with van der Waals surface area (Å²) in [5.74, 6) is -0.378. The number of benzene rings is 4. The van der Waals surface area contributed by atoms with Crippen LogP contribution >= 0.6 is 0 Å². The molecule has 4 bridgehead atoms. The number of rotatable bonds is 8. The van der Waals surface area contributed by atoms with Gasteiger partial charge in [0.25, 0.3) is 0 Å². The molecule has 49 heavy (non-hydrogen) atoms. The summed E-state index contributed by atoms with van der Waals surface area (Å²) in [5.41, 5.74) is 36.0. The van der Waals surface area contributed by atoms with E-state index >= 15 is 0 Å². The Morgan fingerprint density at radius 2 is 1.02 bits per heavy atom. The average molecular weight is 659 g/mol. The van der Waals surface area contributed by atoms with E-state index in [-0.39, 0.29) is 17.7 Å². The number of carbonyl (C=O) groups excluding carboxylic acids is 3. The first-order valence-electron chi connectivity index (χ1n) is 16.5. The van der Waals surface area contributed by atoms with Gasteiger partial charge in [-0.05, 0) is 115 Å². The first kappa shape index (κ1) is 31.9. The second-order valence-corrected chi connectivity index (χ2v) is 14.5. The first-order valence-corrected chi connectivity index (χ1v) is 16.5. The van der Waals surface area contributed by atoms with Gasteiger partial charge in [-0.1, -0.05) is 24.3 Å². The van der Waals surface area contributed by atoms with Crippen molar-refractivity contribution in [3.63, 3.8) is 0 Å². The Labute approximate surface area is 285 Å². The number of carbonyl (C=O) groups is 3. The Balaban J connectivity index is 1.13. The van der Waals surface area contributed by atoms with Crippen molar-refractivity contribution >= 4 is 63.6 Å². The summed E-state index contributed by atoms with van der Waals surface area (Å²) < 4.78 is 0. The van der Waals surface area contributed by atoms with Gasteiger partial charge in [-0.15, -0.1) is 0 Å². The van der Waals surface area contributed by atoms with Crippen molar-refractivity contribution in [1.29, 1.82) is 0 Å². The lowest BCUT2D eigenvalue weighted by molar-refractivity contribution is -0.177. The molecule has 4 fully saturated rings. The summed E-state index contributed by atoms with van der Waals surface area (Å²) in [6.45, 7) is 0. The molecule has 4 saturated carbocycles. The van der Waals surface area contributed by atoms with Gasteiger partial charge in [-0.2, -0.15) is 0 Å². The molecule has 252 valence electrons. The highest BCUT2D eigenvalue weighted by atomic mass is 16.2. The minimum absolute atomic E-state index is 0.0550. The van der Waals surface area contributed by atoms with Crippen LogP contribution in [0.1, 0.15) is 38.5 Å². The fourth-order valence-corrected chi connectivity index (χ4v) is 9.10. The number of anilines is 8. The number of nitrogens with two attached hydrogens (primary N) is 5. The molecule has 0 heterocycles. The van der Waals surface area contributed by atoms with Gasteiger partial charge in [0.1, 0.15) is 6.29 Å². The highest BCUT2D eigenvalue weighted by Gasteiger charge is 2.68. The molecule has 4 atom stereocenters. The van der Waals surface area contributed by atoms with Crippen molar-refractivity contribution < 1.29 is 14.4 Å². The number of hydrogen-bond donors (Lipinski definition) is 8. The SMILES string of the molecule is CNc1ccc(-c2ccc(NC(=O)C34CC5CC(C=O)(CC(C(=O)Nc6ccc(-c7ccc(N)c(N)c7)cc6N)(C5)C3)C4)c(N)c2)cc1N. The molecule has 4 unspecified atom stereocenters. The average Bonchev–Trinajstić information content (AvgIpc) is 3.07. The maximum absolute atomic E-state index is 14.3.